The van der Waals surface area contributed by atoms with Gasteiger partial charge in [-0.05, 0) is 6.42 Å². The van der Waals surface area contributed by atoms with E-state index < -0.39 is 0 Å². The first-order chi connectivity index (χ1) is 4.31. The van der Waals surface area contributed by atoms with Crippen LogP contribution in [0.25, 0.3) is 0 Å². The average molecular weight is 128 g/mol. The minimum Gasteiger partial charge on any atom is -0.386 e. The van der Waals surface area contributed by atoms with Gasteiger partial charge in [-0.25, -0.2) is 0 Å². The minimum absolute atomic E-state index is 0.451. The fourth-order valence-electron chi connectivity index (χ4n) is 0.472. The molecule has 4 nitrogen and oxygen atoms in total. The molecule has 0 spiro atoms. The van der Waals surface area contributed by atoms with Gasteiger partial charge in [0.15, 0.2) is 0 Å². The van der Waals surface area contributed by atoms with Crippen LogP contribution in [0.3, 0.4) is 0 Å². The summed E-state index contributed by atoms with van der Waals surface area (Å²) in [6, 6.07) is 0. The summed E-state index contributed by atoms with van der Waals surface area (Å²) in [4.78, 5) is 0. The summed E-state index contributed by atoms with van der Waals surface area (Å²) in [5, 5.41) is 6.15. The van der Waals surface area contributed by atoms with Crippen molar-refractivity contribution < 1.29 is 0 Å². The first-order valence-corrected chi connectivity index (χ1v) is 3.00. The van der Waals surface area contributed by atoms with E-state index in [-0.39, 0.29) is 0 Å². The van der Waals surface area contributed by atoms with E-state index in [4.69, 9.17) is 11.3 Å². The highest BCUT2D eigenvalue weighted by atomic mass is 15.3. The molecule has 0 aromatic heterocycles. The summed E-state index contributed by atoms with van der Waals surface area (Å²) in [6.07, 6.45) is 2.86. The zero-order valence-electron chi connectivity index (χ0n) is 5.59. The Morgan fingerprint density at radius 3 is 2.78 bits per heavy atom. The van der Waals surface area contributed by atoms with E-state index in [1.807, 2.05) is 0 Å². The fourth-order valence-corrected chi connectivity index (χ4v) is 0.472. The maximum absolute atomic E-state index is 6.33. The standard InChI is InChI=1S/C5H12N4/c1-2-3-4-5(6)8-9-7/h2-4H2,1H3,(H3,6,7,8). The minimum atomic E-state index is 0.451. The second-order valence-corrected chi connectivity index (χ2v) is 1.79. The Hall–Kier alpha value is -0.930. The normalized spacial score (nSPS) is 11.4. The number of amidine groups is 1. The van der Waals surface area contributed by atoms with Crippen molar-refractivity contribution in [2.75, 3.05) is 0 Å². The number of nitrogens with one attached hydrogen (secondary N) is 1. The van der Waals surface area contributed by atoms with Crippen LogP contribution >= 0.6 is 0 Å². The van der Waals surface area contributed by atoms with Gasteiger partial charge >= 0.3 is 0 Å². The van der Waals surface area contributed by atoms with Crippen LogP contribution in [0.5, 0.6) is 0 Å². The van der Waals surface area contributed by atoms with Crippen molar-refractivity contribution in [1.82, 2.24) is 0 Å². The number of rotatable bonds is 4. The maximum Gasteiger partial charge on any atom is 0.124 e. The molecule has 0 saturated heterocycles. The van der Waals surface area contributed by atoms with Gasteiger partial charge in [-0.15, -0.1) is 5.10 Å². The molecule has 0 aliphatic heterocycles. The molecule has 0 bridgehead atoms. The van der Waals surface area contributed by atoms with Crippen molar-refractivity contribution in [1.29, 1.82) is 5.53 Å². The van der Waals surface area contributed by atoms with Gasteiger partial charge in [0.25, 0.3) is 0 Å². The lowest BCUT2D eigenvalue weighted by atomic mass is 10.2. The molecule has 0 atom stereocenters. The van der Waals surface area contributed by atoms with Crippen LogP contribution in [0.4, 0.5) is 0 Å². The third kappa shape index (κ3) is 4.93. The first kappa shape index (κ1) is 8.07. The monoisotopic (exact) mass is 128 g/mol. The first-order valence-electron chi connectivity index (χ1n) is 3.00. The fraction of sp³-hybridized carbons (Fsp3) is 0.800. The van der Waals surface area contributed by atoms with Crippen LogP contribution in [0.2, 0.25) is 0 Å². The second-order valence-electron chi connectivity index (χ2n) is 1.79. The summed E-state index contributed by atoms with van der Waals surface area (Å²) in [6.45, 7) is 2.07. The van der Waals surface area contributed by atoms with Crippen LogP contribution in [0.1, 0.15) is 26.2 Å². The molecule has 0 unspecified atom stereocenters. The molecule has 4 heteroatoms. The number of nitrogens with two attached hydrogens (primary N) is 1. The summed E-state index contributed by atoms with van der Waals surface area (Å²) in [5.74, 6) is 0.451. The third-order valence-electron chi connectivity index (χ3n) is 0.965. The molecular formula is C5H12N4. The Bertz CT molecular complexity index is 108. The van der Waals surface area contributed by atoms with Crippen LogP contribution in [-0.4, -0.2) is 5.84 Å². The van der Waals surface area contributed by atoms with Gasteiger partial charge in [-0.3, -0.25) is 0 Å². The van der Waals surface area contributed by atoms with Crippen LogP contribution in [0, 0.1) is 5.53 Å². The predicted octanol–water partition coefficient (Wildman–Crippen LogP) is 1.48. The number of unbranched alkanes of at least 4 members (excludes halogenated alkanes) is 1. The average Bonchev–Trinajstić information content (AvgIpc) is 1.85. The van der Waals surface area contributed by atoms with Gasteiger partial charge in [0.2, 0.25) is 0 Å². The molecule has 0 rings (SSSR count). The third-order valence-corrected chi connectivity index (χ3v) is 0.965. The zero-order chi connectivity index (χ0) is 7.11. The van der Waals surface area contributed by atoms with Crippen molar-refractivity contribution in [3.05, 3.63) is 0 Å². The molecule has 9 heavy (non-hydrogen) atoms. The molecule has 0 radical (unpaired) electrons. The van der Waals surface area contributed by atoms with Crippen LogP contribution in [-0.2, 0) is 0 Å². The molecule has 3 N–H and O–H groups in total. The lowest BCUT2D eigenvalue weighted by Crippen LogP contribution is -2.09. The summed E-state index contributed by atoms with van der Waals surface area (Å²) in [5.41, 5.74) is 11.6. The SMILES string of the molecule is CCCC/C(N)=N/N=N. The molecule has 0 amide bonds. The van der Waals surface area contributed by atoms with E-state index in [1.165, 1.54) is 0 Å². The summed E-state index contributed by atoms with van der Waals surface area (Å²) < 4.78 is 0. The molecule has 0 aliphatic rings. The Morgan fingerprint density at radius 2 is 2.33 bits per heavy atom. The van der Waals surface area contributed by atoms with E-state index in [2.05, 4.69) is 17.2 Å². The van der Waals surface area contributed by atoms with E-state index in [0.717, 1.165) is 19.3 Å². The predicted molar refractivity (Wildman–Crippen MR) is 36.3 cm³/mol. The van der Waals surface area contributed by atoms with Gasteiger partial charge in [0.05, 0.1) is 0 Å². The van der Waals surface area contributed by atoms with Crippen molar-refractivity contribution in [3.8, 4) is 0 Å². The van der Waals surface area contributed by atoms with E-state index in [1.54, 1.807) is 0 Å². The van der Waals surface area contributed by atoms with Crippen molar-refractivity contribution in [2.45, 2.75) is 26.2 Å². The largest absolute Gasteiger partial charge is 0.386 e. The van der Waals surface area contributed by atoms with Gasteiger partial charge in [0, 0.05) is 6.42 Å². The molecule has 0 aromatic rings. The topological polar surface area (TPSA) is 74.6 Å². The van der Waals surface area contributed by atoms with E-state index in [0.29, 0.717) is 5.84 Å². The van der Waals surface area contributed by atoms with Crippen molar-refractivity contribution in [2.24, 2.45) is 16.1 Å². The Morgan fingerprint density at radius 1 is 1.67 bits per heavy atom. The van der Waals surface area contributed by atoms with E-state index in [9.17, 15) is 0 Å². The van der Waals surface area contributed by atoms with Crippen LogP contribution in [0.15, 0.2) is 10.3 Å². The van der Waals surface area contributed by atoms with Gasteiger partial charge in [0.1, 0.15) is 5.84 Å². The highest BCUT2D eigenvalue weighted by Crippen LogP contribution is 1.92. The molecule has 0 saturated carbocycles. The molecular weight excluding hydrogens is 116 g/mol. The Kier molecular flexibility index (Phi) is 4.67. The molecule has 0 heterocycles. The second kappa shape index (κ2) is 5.21. The quantitative estimate of drug-likeness (QED) is 0.256. The lowest BCUT2D eigenvalue weighted by molar-refractivity contribution is 0.823. The molecule has 0 aliphatic carbocycles. The molecule has 52 valence electrons. The van der Waals surface area contributed by atoms with Crippen LogP contribution < -0.4 is 5.73 Å². The van der Waals surface area contributed by atoms with E-state index >= 15 is 0 Å². The number of hydrogen-bond donors (Lipinski definition) is 2. The maximum atomic E-state index is 6.33. The summed E-state index contributed by atoms with van der Waals surface area (Å²) in [7, 11) is 0. The Balaban J connectivity index is 3.36. The number of hydrogen-bond acceptors (Lipinski definition) is 2. The Labute approximate surface area is 54.6 Å². The van der Waals surface area contributed by atoms with Crippen molar-refractivity contribution >= 4 is 5.84 Å². The zero-order valence-corrected chi connectivity index (χ0v) is 5.59. The highest BCUT2D eigenvalue weighted by molar-refractivity contribution is 5.79. The van der Waals surface area contributed by atoms with Gasteiger partial charge in [-0.2, -0.15) is 5.53 Å². The molecule has 0 aromatic carbocycles. The van der Waals surface area contributed by atoms with Gasteiger partial charge in [-0.1, -0.05) is 18.6 Å². The lowest BCUT2D eigenvalue weighted by Gasteiger charge is -1.92. The smallest absolute Gasteiger partial charge is 0.124 e. The highest BCUT2D eigenvalue weighted by Gasteiger charge is 1.88. The summed E-state index contributed by atoms with van der Waals surface area (Å²) >= 11 is 0. The van der Waals surface area contributed by atoms with Crippen molar-refractivity contribution in [3.63, 3.8) is 0 Å². The van der Waals surface area contributed by atoms with Gasteiger partial charge < -0.3 is 5.73 Å². The number of nitrogens with zero attached hydrogens (tertiary/aromatic N) is 2. The molecule has 0 fully saturated rings.